The highest BCUT2D eigenvalue weighted by Gasteiger charge is 2.31. The molecule has 0 aromatic rings. The zero-order chi connectivity index (χ0) is 10.1. The van der Waals surface area contributed by atoms with Crippen molar-refractivity contribution in [2.45, 2.75) is 38.4 Å². The lowest BCUT2D eigenvalue weighted by atomic mass is 10.2. The van der Waals surface area contributed by atoms with E-state index in [1.165, 1.54) is 6.92 Å². The van der Waals surface area contributed by atoms with E-state index < -0.39 is 18.6 Å². The van der Waals surface area contributed by atoms with Crippen LogP contribution in [-0.4, -0.2) is 18.1 Å². The maximum atomic E-state index is 11.9. The monoisotopic (exact) mass is 194 g/mol. The van der Waals surface area contributed by atoms with E-state index in [2.05, 4.69) is 4.99 Å². The summed E-state index contributed by atoms with van der Waals surface area (Å²) in [6.45, 7) is 1.43. The number of rotatable bonds is 3. The van der Waals surface area contributed by atoms with Crippen LogP contribution in [0.25, 0.3) is 0 Å². The van der Waals surface area contributed by atoms with Gasteiger partial charge in [0.2, 0.25) is 0 Å². The average Bonchev–Trinajstić information content (AvgIpc) is 2.60. The van der Waals surface area contributed by atoms with Crippen molar-refractivity contribution in [1.29, 1.82) is 0 Å². The molecule has 0 amide bonds. The van der Waals surface area contributed by atoms with Crippen LogP contribution in [0.4, 0.5) is 13.2 Å². The lowest BCUT2D eigenvalue weighted by Crippen LogP contribution is -2.21. The van der Waals surface area contributed by atoms with Gasteiger partial charge < -0.3 is 5.73 Å². The molecule has 1 aliphatic carbocycles. The van der Waals surface area contributed by atoms with Crippen LogP contribution >= 0.6 is 0 Å². The van der Waals surface area contributed by atoms with Crippen LogP contribution in [-0.2, 0) is 0 Å². The van der Waals surface area contributed by atoms with Crippen molar-refractivity contribution in [3.63, 3.8) is 0 Å². The van der Waals surface area contributed by atoms with Gasteiger partial charge in [0.25, 0.3) is 0 Å². The first-order valence-electron chi connectivity index (χ1n) is 4.28. The molecule has 1 saturated carbocycles. The minimum Gasteiger partial charge on any atom is -0.387 e. The van der Waals surface area contributed by atoms with E-state index in [9.17, 15) is 13.2 Å². The molecule has 2 N–H and O–H groups in total. The molecule has 5 heteroatoms. The normalized spacial score (nSPS) is 21.7. The fourth-order valence-electron chi connectivity index (χ4n) is 1.12. The first-order valence-corrected chi connectivity index (χ1v) is 4.28. The standard InChI is InChI=1S/C8H13F3N2/c1-5(4-8(9,10)11)13-7(12)6-2-3-6/h5-6H,2-4H2,1H3,(H2,12,13). The summed E-state index contributed by atoms with van der Waals surface area (Å²) < 4.78 is 35.6. The summed E-state index contributed by atoms with van der Waals surface area (Å²) in [5.41, 5.74) is 5.48. The van der Waals surface area contributed by atoms with Crippen molar-refractivity contribution < 1.29 is 13.2 Å². The van der Waals surface area contributed by atoms with E-state index in [0.29, 0.717) is 5.84 Å². The Hall–Kier alpha value is -0.740. The highest BCUT2D eigenvalue weighted by atomic mass is 19.4. The highest BCUT2D eigenvalue weighted by Crippen LogP contribution is 2.30. The number of nitrogens with two attached hydrogens (primary N) is 1. The topological polar surface area (TPSA) is 38.4 Å². The third kappa shape index (κ3) is 4.15. The molecule has 2 nitrogen and oxygen atoms in total. The van der Waals surface area contributed by atoms with E-state index >= 15 is 0 Å². The molecule has 0 radical (unpaired) electrons. The number of hydrogen-bond donors (Lipinski definition) is 1. The third-order valence-corrected chi connectivity index (χ3v) is 1.89. The van der Waals surface area contributed by atoms with Crippen LogP contribution in [0.15, 0.2) is 4.99 Å². The van der Waals surface area contributed by atoms with E-state index in [1.807, 2.05) is 0 Å². The van der Waals surface area contributed by atoms with Crippen molar-refractivity contribution in [3.8, 4) is 0 Å². The number of halogens is 3. The van der Waals surface area contributed by atoms with E-state index in [-0.39, 0.29) is 5.92 Å². The fraction of sp³-hybridized carbons (Fsp3) is 0.875. The Morgan fingerprint density at radius 2 is 2.08 bits per heavy atom. The zero-order valence-electron chi connectivity index (χ0n) is 7.43. The first-order chi connectivity index (χ1) is 5.88. The summed E-state index contributed by atoms with van der Waals surface area (Å²) in [5.74, 6) is 0.632. The summed E-state index contributed by atoms with van der Waals surface area (Å²) in [5, 5.41) is 0. The predicted octanol–water partition coefficient (Wildman–Crippen LogP) is 2.09. The lowest BCUT2D eigenvalue weighted by Gasteiger charge is -2.10. The van der Waals surface area contributed by atoms with Gasteiger partial charge >= 0.3 is 6.18 Å². The van der Waals surface area contributed by atoms with Crippen molar-refractivity contribution >= 4 is 5.84 Å². The maximum absolute atomic E-state index is 11.9. The minimum atomic E-state index is -4.15. The minimum absolute atomic E-state index is 0.246. The Balaban J connectivity index is 2.39. The van der Waals surface area contributed by atoms with Crippen LogP contribution in [0.3, 0.4) is 0 Å². The van der Waals surface area contributed by atoms with Crippen LogP contribution in [0, 0.1) is 5.92 Å². The second-order valence-electron chi connectivity index (χ2n) is 3.50. The first kappa shape index (κ1) is 10.3. The van der Waals surface area contributed by atoms with Crippen molar-refractivity contribution in [1.82, 2.24) is 0 Å². The number of nitrogens with zero attached hydrogens (tertiary/aromatic N) is 1. The Kier molecular flexibility index (Phi) is 2.83. The molecule has 0 saturated heterocycles. The van der Waals surface area contributed by atoms with E-state index in [4.69, 9.17) is 5.73 Å². The van der Waals surface area contributed by atoms with Gasteiger partial charge in [-0.05, 0) is 19.8 Å². The molecule has 76 valence electrons. The smallest absolute Gasteiger partial charge is 0.387 e. The second kappa shape index (κ2) is 3.55. The summed E-state index contributed by atoms with van der Waals surface area (Å²) >= 11 is 0. The van der Waals surface area contributed by atoms with Gasteiger partial charge in [-0.25, -0.2) is 0 Å². The SMILES string of the molecule is CC(CC(F)(F)F)N=C(N)C1CC1. The van der Waals surface area contributed by atoms with Gasteiger partial charge in [-0.3, -0.25) is 4.99 Å². The highest BCUT2D eigenvalue weighted by molar-refractivity contribution is 5.85. The maximum Gasteiger partial charge on any atom is 0.391 e. The third-order valence-electron chi connectivity index (χ3n) is 1.89. The molecular formula is C8H13F3N2. The Bertz CT molecular complexity index is 206. The fourth-order valence-corrected chi connectivity index (χ4v) is 1.12. The van der Waals surface area contributed by atoms with Crippen LogP contribution in [0.2, 0.25) is 0 Å². The molecule has 0 aromatic heterocycles. The van der Waals surface area contributed by atoms with E-state index in [1.54, 1.807) is 0 Å². The van der Waals surface area contributed by atoms with Gasteiger partial charge in [-0.1, -0.05) is 0 Å². The number of hydrogen-bond acceptors (Lipinski definition) is 1. The van der Waals surface area contributed by atoms with Gasteiger partial charge in [-0.2, -0.15) is 13.2 Å². The molecule has 1 rings (SSSR count). The molecule has 0 aromatic carbocycles. The van der Waals surface area contributed by atoms with Crippen molar-refractivity contribution in [2.75, 3.05) is 0 Å². The summed E-state index contributed by atoms with van der Waals surface area (Å²) in [4.78, 5) is 3.80. The molecule has 0 spiro atoms. The van der Waals surface area contributed by atoms with E-state index in [0.717, 1.165) is 12.8 Å². The molecule has 0 aliphatic heterocycles. The van der Waals surface area contributed by atoms with Crippen LogP contribution < -0.4 is 5.73 Å². The molecule has 1 aliphatic rings. The van der Waals surface area contributed by atoms with Gasteiger partial charge in [0.1, 0.15) is 0 Å². The molecule has 1 atom stereocenters. The van der Waals surface area contributed by atoms with Crippen molar-refractivity contribution in [3.05, 3.63) is 0 Å². The molecule has 1 unspecified atom stereocenters. The molecule has 13 heavy (non-hydrogen) atoms. The zero-order valence-corrected chi connectivity index (χ0v) is 7.43. The summed E-state index contributed by atoms with van der Waals surface area (Å²) in [6, 6.07) is -0.749. The quantitative estimate of drug-likeness (QED) is 0.542. The molecule has 1 fully saturated rings. The predicted molar refractivity (Wildman–Crippen MR) is 44.5 cm³/mol. The Labute approximate surface area is 75.0 Å². The largest absolute Gasteiger partial charge is 0.391 e. The second-order valence-corrected chi connectivity index (χ2v) is 3.50. The van der Waals surface area contributed by atoms with Gasteiger partial charge in [-0.15, -0.1) is 0 Å². The summed E-state index contributed by atoms with van der Waals surface area (Å²) in [7, 11) is 0. The molecule has 0 heterocycles. The van der Waals surface area contributed by atoms with Gasteiger partial charge in [0.05, 0.1) is 18.3 Å². The van der Waals surface area contributed by atoms with Gasteiger partial charge in [0, 0.05) is 5.92 Å². The lowest BCUT2D eigenvalue weighted by molar-refractivity contribution is -0.137. The van der Waals surface area contributed by atoms with Crippen molar-refractivity contribution in [2.24, 2.45) is 16.6 Å². The Morgan fingerprint density at radius 3 is 2.46 bits per heavy atom. The number of aliphatic imine (C=N–C) groups is 1. The number of alkyl halides is 3. The Morgan fingerprint density at radius 1 is 1.54 bits per heavy atom. The van der Waals surface area contributed by atoms with Crippen LogP contribution in [0.1, 0.15) is 26.2 Å². The molecule has 0 bridgehead atoms. The van der Waals surface area contributed by atoms with Gasteiger partial charge in [0.15, 0.2) is 0 Å². The molecular weight excluding hydrogens is 181 g/mol. The average molecular weight is 194 g/mol. The van der Waals surface area contributed by atoms with Crippen LogP contribution in [0.5, 0.6) is 0 Å². The summed E-state index contributed by atoms with van der Waals surface area (Å²) in [6.07, 6.45) is -3.10. The number of amidine groups is 1.